The maximum atomic E-state index is 12.0. The lowest BCUT2D eigenvalue weighted by atomic mass is 10.1. The molecule has 2 amide bonds. The number of phenols is 1. The zero-order valence-electron chi connectivity index (χ0n) is 9.35. The second-order valence-electron chi connectivity index (χ2n) is 3.88. The van der Waals surface area contributed by atoms with E-state index in [2.05, 4.69) is 15.9 Å². The van der Waals surface area contributed by atoms with Gasteiger partial charge in [0, 0.05) is 13.0 Å². The molecule has 0 saturated heterocycles. The van der Waals surface area contributed by atoms with E-state index in [-0.39, 0.29) is 41.0 Å². The summed E-state index contributed by atoms with van der Waals surface area (Å²) in [7, 11) is 0. The van der Waals surface area contributed by atoms with Crippen molar-refractivity contribution in [1.29, 1.82) is 0 Å². The molecule has 18 heavy (non-hydrogen) atoms. The van der Waals surface area contributed by atoms with Crippen LogP contribution >= 0.6 is 15.9 Å². The van der Waals surface area contributed by atoms with Crippen LogP contribution in [-0.4, -0.2) is 39.5 Å². The van der Waals surface area contributed by atoms with Gasteiger partial charge in [0.1, 0.15) is 11.5 Å². The number of nitrogens with zero attached hydrogens (tertiary/aromatic N) is 1. The lowest BCUT2D eigenvalue weighted by Gasteiger charge is -2.12. The Labute approximate surface area is 112 Å². The van der Waals surface area contributed by atoms with E-state index in [9.17, 15) is 19.5 Å². The van der Waals surface area contributed by atoms with Gasteiger partial charge in [-0.05, 0) is 12.1 Å². The Hall–Kier alpha value is -1.69. The van der Waals surface area contributed by atoms with E-state index in [1.54, 1.807) is 0 Å². The summed E-state index contributed by atoms with van der Waals surface area (Å²) in [6.45, 7) is 0.0379. The van der Waals surface area contributed by atoms with Crippen LogP contribution in [0.4, 0.5) is 0 Å². The molecule has 0 aliphatic carbocycles. The number of fused-ring (bicyclic) bond motifs is 1. The Bertz CT molecular complexity index is 541. The normalized spacial score (nSPS) is 13.9. The molecule has 0 fully saturated rings. The number of amides is 2. The topological polar surface area (TPSA) is 74.7 Å². The molecule has 1 aliphatic rings. The van der Waals surface area contributed by atoms with E-state index in [1.807, 2.05) is 0 Å². The van der Waals surface area contributed by atoms with Gasteiger partial charge in [-0.25, -0.2) is 0 Å². The average molecular weight is 312 g/mol. The fraction of sp³-hybridized carbons (Fsp3) is 0.250. The van der Waals surface area contributed by atoms with Crippen molar-refractivity contribution in [2.24, 2.45) is 0 Å². The molecule has 2 rings (SSSR count). The molecule has 94 valence electrons. The number of imide groups is 1. The number of benzene rings is 1. The van der Waals surface area contributed by atoms with Crippen LogP contribution in [-0.2, 0) is 4.79 Å². The van der Waals surface area contributed by atoms with Gasteiger partial charge in [-0.1, -0.05) is 22.0 Å². The van der Waals surface area contributed by atoms with Crippen molar-refractivity contribution < 1.29 is 19.5 Å². The molecule has 6 heteroatoms. The first-order chi connectivity index (χ1) is 8.56. The van der Waals surface area contributed by atoms with Crippen LogP contribution in [0.3, 0.4) is 0 Å². The van der Waals surface area contributed by atoms with Crippen LogP contribution in [0.2, 0.25) is 0 Å². The first-order valence-corrected chi connectivity index (χ1v) is 6.44. The molecule has 0 radical (unpaired) electrons. The van der Waals surface area contributed by atoms with Gasteiger partial charge in [0.2, 0.25) is 0 Å². The quantitative estimate of drug-likeness (QED) is 0.672. The van der Waals surface area contributed by atoms with Crippen LogP contribution in [0, 0.1) is 0 Å². The molecule has 0 spiro atoms. The number of alkyl halides is 1. The number of aromatic hydroxyl groups is 1. The van der Waals surface area contributed by atoms with Crippen LogP contribution in [0.25, 0.3) is 0 Å². The third-order valence-electron chi connectivity index (χ3n) is 2.74. The molecule has 1 aliphatic heterocycles. The molecule has 1 N–H and O–H groups in total. The van der Waals surface area contributed by atoms with E-state index in [4.69, 9.17) is 0 Å². The molecule has 0 saturated carbocycles. The maximum absolute atomic E-state index is 12.0. The van der Waals surface area contributed by atoms with Crippen LogP contribution in [0.5, 0.6) is 5.75 Å². The molecule has 5 nitrogen and oxygen atoms in total. The van der Waals surface area contributed by atoms with Crippen molar-refractivity contribution in [2.75, 3.05) is 11.9 Å². The molecule has 1 heterocycles. The van der Waals surface area contributed by atoms with Crippen molar-refractivity contribution in [2.45, 2.75) is 6.42 Å². The second-order valence-corrected chi connectivity index (χ2v) is 4.44. The zero-order chi connectivity index (χ0) is 13.3. The molecular formula is C12H10BrNO4. The Morgan fingerprint density at radius 2 is 2.00 bits per heavy atom. The lowest BCUT2D eigenvalue weighted by Crippen LogP contribution is -2.32. The van der Waals surface area contributed by atoms with Crippen molar-refractivity contribution >= 4 is 33.5 Å². The summed E-state index contributed by atoms with van der Waals surface area (Å²) in [5.41, 5.74) is 0.208. The van der Waals surface area contributed by atoms with E-state index in [0.29, 0.717) is 0 Å². The third-order valence-corrected chi connectivity index (χ3v) is 3.37. The van der Waals surface area contributed by atoms with Crippen molar-refractivity contribution in [1.82, 2.24) is 4.90 Å². The summed E-state index contributed by atoms with van der Waals surface area (Å²) in [5, 5.41) is 9.78. The number of Topliss-reactive ketones (excluding diaryl/α,β-unsaturated/α-hetero) is 1. The Morgan fingerprint density at radius 1 is 1.28 bits per heavy atom. The summed E-state index contributed by atoms with van der Waals surface area (Å²) in [5.74, 6) is -1.31. The average Bonchev–Trinajstić information content (AvgIpc) is 2.60. The predicted molar refractivity (Wildman–Crippen MR) is 66.9 cm³/mol. The number of hydrogen-bond donors (Lipinski definition) is 1. The highest BCUT2D eigenvalue weighted by atomic mass is 79.9. The lowest BCUT2D eigenvalue weighted by molar-refractivity contribution is -0.116. The smallest absolute Gasteiger partial charge is 0.265 e. The number of rotatable bonds is 4. The van der Waals surface area contributed by atoms with Gasteiger partial charge in [-0.2, -0.15) is 0 Å². The summed E-state index contributed by atoms with van der Waals surface area (Å²) >= 11 is 3.02. The summed E-state index contributed by atoms with van der Waals surface area (Å²) < 4.78 is 0. The monoisotopic (exact) mass is 311 g/mol. The maximum Gasteiger partial charge on any atom is 0.265 e. The molecule has 1 aromatic rings. The van der Waals surface area contributed by atoms with E-state index < -0.39 is 11.8 Å². The number of hydrogen-bond acceptors (Lipinski definition) is 4. The van der Waals surface area contributed by atoms with Crippen LogP contribution in [0.15, 0.2) is 18.2 Å². The van der Waals surface area contributed by atoms with Gasteiger partial charge < -0.3 is 5.11 Å². The van der Waals surface area contributed by atoms with E-state index >= 15 is 0 Å². The third kappa shape index (κ3) is 2.03. The largest absolute Gasteiger partial charge is 0.507 e. The van der Waals surface area contributed by atoms with E-state index in [0.717, 1.165) is 4.90 Å². The number of ketones is 1. The Kier molecular flexibility index (Phi) is 3.47. The summed E-state index contributed by atoms with van der Waals surface area (Å²) in [6.07, 6.45) is 0.109. The minimum Gasteiger partial charge on any atom is -0.507 e. The van der Waals surface area contributed by atoms with E-state index in [1.165, 1.54) is 18.2 Å². The number of halogens is 1. The van der Waals surface area contributed by atoms with Crippen LogP contribution in [0.1, 0.15) is 27.1 Å². The fourth-order valence-electron chi connectivity index (χ4n) is 1.82. The number of carbonyl (C=O) groups is 3. The Morgan fingerprint density at radius 3 is 2.61 bits per heavy atom. The van der Waals surface area contributed by atoms with Gasteiger partial charge >= 0.3 is 0 Å². The zero-order valence-corrected chi connectivity index (χ0v) is 10.9. The molecular weight excluding hydrogens is 302 g/mol. The highest BCUT2D eigenvalue weighted by molar-refractivity contribution is 9.09. The van der Waals surface area contributed by atoms with Crippen molar-refractivity contribution in [3.05, 3.63) is 29.3 Å². The standard InChI is InChI=1S/C12H10BrNO4/c13-6-7(15)4-5-14-11(17)8-2-1-3-9(16)10(8)12(14)18/h1-3,16H,4-6H2. The SMILES string of the molecule is O=C(CBr)CCN1C(=O)c2cccc(O)c2C1=O. The first-order valence-electron chi connectivity index (χ1n) is 5.32. The van der Waals surface area contributed by atoms with Gasteiger partial charge in [0.25, 0.3) is 11.8 Å². The van der Waals surface area contributed by atoms with Gasteiger partial charge in [0.15, 0.2) is 0 Å². The fourth-order valence-corrected chi connectivity index (χ4v) is 2.10. The Balaban J connectivity index is 2.24. The minimum atomic E-state index is -0.546. The second kappa shape index (κ2) is 4.89. The summed E-state index contributed by atoms with van der Waals surface area (Å²) in [4.78, 5) is 36.0. The summed E-state index contributed by atoms with van der Waals surface area (Å²) in [6, 6.07) is 4.35. The highest BCUT2D eigenvalue weighted by Crippen LogP contribution is 2.29. The molecule has 0 atom stereocenters. The molecule has 1 aromatic carbocycles. The van der Waals surface area contributed by atoms with Crippen molar-refractivity contribution in [3.63, 3.8) is 0 Å². The number of carbonyl (C=O) groups excluding carboxylic acids is 3. The first kappa shape index (κ1) is 12.8. The minimum absolute atomic E-state index is 0.0220. The van der Waals surface area contributed by atoms with Gasteiger partial charge in [-0.3, -0.25) is 19.3 Å². The molecule has 0 unspecified atom stereocenters. The molecule has 0 aromatic heterocycles. The van der Waals surface area contributed by atoms with Gasteiger partial charge in [0.05, 0.1) is 16.5 Å². The number of phenolic OH excluding ortho intramolecular Hbond substituents is 1. The highest BCUT2D eigenvalue weighted by Gasteiger charge is 2.37. The molecule has 0 bridgehead atoms. The van der Waals surface area contributed by atoms with Gasteiger partial charge in [-0.15, -0.1) is 0 Å². The van der Waals surface area contributed by atoms with Crippen molar-refractivity contribution in [3.8, 4) is 5.75 Å². The predicted octanol–water partition coefficient (Wildman–Crippen LogP) is 1.34. The van der Waals surface area contributed by atoms with Crippen LogP contribution < -0.4 is 0 Å².